The molecule has 37 heavy (non-hydrogen) atoms. The molecule has 0 unspecified atom stereocenters. The Morgan fingerprint density at radius 3 is 2.38 bits per heavy atom. The summed E-state index contributed by atoms with van der Waals surface area (Å²) >= 11 is 0. The third-order valence-electron chi connectivity index (χ3n) is 6.44. The highest BCUT2D eigenvalue weighted by molar-refractivity contribution is 7.92. The van der Waals surface area contributed by atoms with Gasteiger partial charge in [-0.15, -0.1) is 0 Å². The van der Waals surface area contributed by atoms with Gasteiger partial charge in [0, 0.05) is 31.6 Å². The molecule has 0 bridgehead atoms. The molecule has 2 aromatic rings. The molecule has 0 saturated carbocycles. The molecule has 2 aromatic carbocycles. The minimum absolute atomic E-state index is 0.00343. The number of hydrogen-bond acceptors (Lipinski definition) is 6. The minimum atomic E-state index is -3.60. The van der Waals surface area contributed by atoms with Crippen molar-refractivity contribution in [1.82, 2.24) is 10.2 Å². The number of benzene rings is 2. The topological polar surface area (TPSA) is 105 Å². The number of carbonyl (C=O) groups excluding carboxylic acids is 2. The summed E-state index contributed by atoms with van der Waals surface area (Å²) in [4.78, 5) is 27.8. The second kappa shape index (κ2) is 12.3. The molecule has 3 rings (SSSR count). The van der Waals surface area contributed by atoms with Gasteiger partial charge in [0.2, 0.25) is 28.6 Å². The highest BCUT2D eigenvalue weighted by Gasteiger charge is 2.27. The molecule has 0 aliphatic carbocycles. The van der Waals surface area contributed by atoms with E-state index in [1.807, 2.05) is 45.0 Å². The summed E-state index contributed by atoms with van der Waals surface area (Å²) in [7, 11) is -3.60. The monoisotopic (exact) mass is 531 g/mol. The first-order chi connectivity index (χ1) is 17.5. The van der Waals surface area contributed by atoms with Crippen LogP contribution in [0.3, 0.4) is 0 Å². The zero-order chi connectivity index (χ0) is 27.2. The fourth-order valence-corrected chi connectivity index (χ4v) is 4.94. The van der Waals surface area contributed by atoms with E-state index in [0.29, 0.717) is 17.2 Å². The van der Waals surface area contributed by atoms with Crippen LogP contribution in [0.4, 0.5) is 5.69 Å². The summed E-state index contributed by atoms with van der Waals surface area (Å²) in [5.74, 6) is 0.607. The van der Waals surface area contributed by atoms with Crippen LogP contribution >= 0.6 is 0 Å². The molecule has 0 saturated heterocycles. The number of hydrogen-bond donors (Lipinski definition) is 1. The van der Waals surface area contributed by atoms with Gasteiger partial charge in [0.25, 0.3) is 0 Å². The number of nitrogens with zero attached hydrogens (tertiary/aromatic N) is 2. The van der Waals surface area contributed by atoms with Crippen LogP contribution in [0.1, 0.15) is 51.2 Å². The average Bonchev–Trinajstić information content (AvgIpc) is 3.32. The molecule has 9 nitrogen and oxygen atoms in total. The van der Waals surface area contributed by atoms with Crippen LogP contribution in [0.25, 0.3) is 0 Å². The lowest BCUT2D eigenvalue weighted by atomic mass is 10.1. The Morgan fingerprint density at radius 2 is 1.73 bits per heavy atom. The average molecular weight is 532 g/mol. The maximum absolute atomic E-state index is 13.4. The van der Waals surface area contributed by atoms with Crippen molar-refractivity contribution in [2.45, 2.75) is 65.6 Å². The quantitative estimate of drug-likeness (QED) is 0.449. The summed E-state index contributed by atoms with van der Waals surface area (Å²) in [6, 6.07) is 12.1. The molecule has 1 heterocycles. The highest BCUT2D eigenvalue weighted by atomic mass is 32.2. The van der Waals surface area contributed by atoms with Crippen LogP contribution in [0, 0.1) is 6.92 Å². The van der Waals surface area contributed by atoms with Crippen LogP contribution in [-0.2, 0) is 26.2 Å². The first-order valence-electron chi connectivity index (χ1n) is 12.5. The van der Waals surface area contributed by atoms with Gasteiger partial charge in [-0.2, -0.15) is 0 Å². The smallest absolute Gasteiger partial charge is 0.242 e. The van der Waals surface area contributed by atoms with E-state index in [1.54, 1.807) is 30.0 Å². The van der Waals surface area contributed by atoms with E-state index in [9.17, 15) is 18.0 Å². The maximum Gasteiger partial charge on any atom is 0.242 e. The van der Waals surface area contributed by atoms with Crippen molar-refractivity contribution in [3.8, 4) is 11.5 Å². The summed E-state index contributed by atoms with van der Waals surface area (Å²) in [6.45, 7) is 8.10. The van der Waals surface area contributed by atoms with Crippen LogP contribution in [-0.4, -0.2) is 56.8 Å². The van der Waals surface area contributed by atoms with Gasteiger partial charge in [0.05, 0.1) is 11.9 Å². The van der Waals surface area contributed by atoms with E-state index >= 15 is 0 Å². The summed E-state index contributed by atoms with van der Waals surface area (Å²) in [6.07, 6.45) is 2.28. The molecular weight excluding hydrogens is 494 g/mol. The Hall–Kier alpha value is -3.27. The Morgan fingerprint density at radius 1 is 1.05 bits per heavy atom. The molecule has 0 spiro atoms. The van der Waals surface area contributed by atoms with Crippen molar-refractivity contribution in [2.75, 3.05) is 23.9 Å². The lowest BCUT2D eigenvalue weighted by molar-refractivity contribution is -0.140. The van der Waals surface area contributed by atoms with Crippen LogP contribution in [0.5, 0.6) is 11.5 Å². The van der Waals surface area contributed by atoms with Crippen LogP contribution < -0.4 is 19.1 Å². The molecule has 0 aromatic heterocycles. The predicted molar refractivity (Wildman–Crippen MR) is 143 cm³/mol. The Kier molecular flexibility index (Phi) is 9.42. The number of rotatable bonds is 12. The number of ether oxygens (including phenoxy) is 2. The highest BCUT2D eigenvalue weighted by Crippen LogP contribution is 2.36. The van der Waals surface area contributed by atoms with E-state index in [-0.39, 0.29) is 50.6 Å². The molecule has 1 aliphatic rings. The third kappa shape index (κ3) is 7.61. The molecular formula is C27H37N3O6S. The number of fused-ring (bicyclic) bond motifs is 1. The standard InChI is InChI=1S/C27H37N3O6S/c1-6-20(3)28-27(32)21(4)29(17-22-11-9-19(2)10-12-22)26(31)8-7-15-30(37(5,33)34)23-13-14-24-25(16-23)36-18-35-24/h9-14,16,20-21H,6-8,15,17-18H2,1-5H3,(H,28,32)/t20-,21+/m1/s1. The molecule has 2 amide bonds. The zero-order valence-electron chi connectivity index (χ0n) is 22.2. The van der Waals surface area contributed by atoms with Crippen molar-refractivity contribution < 1.29 is 27.5 Å². The maximum atomic E-state index is 13.4. The number of aryl methyl sites for hydroxylation is 1. The predicted octanol–water partition coefficient (Wildman–Crippen LogP) is 3.60. The molecule has 0 radical (unpaired) electrons. The van der Waals surface area contributed by atoms with Crippen LogP contribution in [0.15, 0.2) is 42.5 Å². The van der Waals surface area contributed by atoms with Gasteiger partial charge >= 0.3 is 0 Å². The summed E-state index contributed by atoms with van der Waals surface area (Å²) < 4.78 is 37.0. The SMILES string of the molecule is CC[C@@H](C)NC(=O)[C@H](C)N(Cc1ccc(C)cc1)C(=O)CCCN(c1ccc2c(c1)OCO2)S(C)(=O)=O. The van der Waals surface area contributed by atoms with E-state index in [1.165, 1.54) is 4.31 Å². The second-order valence-corrected chi connectivity index (χ2v) is 11.4. The first-order valence-corrected chi connectivity index (χ1v) is 14.4. The molecule has 10 heteroatoms. The lowest BCUT2D eigenvalue weighted by Gasteiger charge is -2.30. The minimum Gasteiger partial charge on any atom is -0.454 e. The normalized spacial score (nSPS) is 14.1. The van der Waals surface area contributed by atoms with E-state index < -0.39 is 16.1 Å². The van der Waals surface area contributed by atoms with Crippen molar-refractivity contribution in [3.63, 3.8) is 0 Å². The zero-order valence-corrected chi connectivity index (χ0v) is 23.0. The van der Waals surface area contributed by atoms with Crippen molar-refractivity contribution in [2.24, 2.45) is 0 Å². The largest absolute Gasteiger partial charge is 0.454 e. The van der Waals surface area contributed by atoms with E-state index in [4.69, 9.17) is 9.47 Å². The molecule has 0 fully saturated rings. The fraction of sp³-hybridized carbons (Fsp3) is 0.481. The number of carbonyl (C=O) groups is 2. The molecule has 1 aliphatic heterocycles. The van der Waals surface area contributed by atoms with Gasteiger partial charge in [-0.3, -0.25) is 13.9 Å². The third-order valence-corrected chi connectivity index (χ3v) is 7.63. The molecule has 2 atom stereocenters. The van der Waals surface area contributed by atoms with Gasteiger partial charge < -0.3 is 19.7 Å². The van der Waals surface area contributed by atoms with Crippen molar-refractivity contribution in [1.29, 1.82) is 0 Å². The Balaban J connectivity index is 1.72. The first kappa shape index (κ1) is 28.3. The fourth-order valence-electron chi connectivity index (χ4n) is 3.98. The molecule has 202 valence electrons. The summed E-state index contributed by atoms with van der Waals surface area (Å²) in [5, 5.41) is 2.95. The van der Waals surface area contributed by atoms with Gasteiger partial charge in [-0.25, -0.2) is 8.42 Å². The number of anilines is 1. The number of nitrogens with one attached hydrogen (secondary N) is 1. The number of sulfonamides is 1. The Bertz CT molecular complexity index is 1200. The van der Waals surface area contributed by atoms with Crippen LogP contribution in [0.2, 0.25) is 0 Å². The number of amides is 2. The lowest BCUT2D eigenvalue weighted by Crippen LogP contribution is -2.49. The second-order valence-electron chi connectivity index (χ2n) is 9.48. The van der Waals surface area contributed by atoms with Gasteiger partial charge in [-0.05, 0) is 51.3 Å². The van der Waals surface area contributed by atoms with Crippen molar-refractivity contribution in [3.05, 3.63) is 53.6 Å². The molecule has 1 N–H and O–H groups in total. The van der Waals surface area contributed by atoms with Gasteiger partial charge in [0.15, 0.2) is 11.5 Å². The van der Waals surface area contributed by atoms with Crippen molar-refractivity contribution >= 4 is 27.5 Å². The van der Waals surface area contributed by atoms with Gasteiger partial charge in [0.1, 0.15) is 6.04 Å². The summed E-state index contributed by atoms with van der Waals surface area (Å²) in [5.41, 5.74) is 2.46. The Labute approximate surface area is 219 Å². The van der Waals surface area contributed by atoms with E-state index in [0.717, 1.165) is 23.8 Å². The van der Waals surface area contributed by atoms with Gasteiger partial charge in [-0.1, -0.05) is 36.8 Å². The van der Waals surface area contributed by atoms with E-state index in [2.05, 4.69) is 5.32 Å².